The molecule has 2 aromatic rings. The molecule has 4 heteroatoms. The average molecular weight is 285 g/mol. The van der Waals surface area contributed by atoms with E-state index in [2.05, 4.69) is 42.3 Å². The molecule has 2 unspecified atom stereocenters. The molecule has 2 heterocycles. The Balaban J connectivity index is 1.60. The van der Waals surface area contributed by atoms with Gasteiger partial charge in [-0.15, -0.1) is 0 Å². The summed E-state index contributed by atoms with van der Waals surface area (Å²) in [4.78, 5) is 17.6. The maximum absolute atomic E-state index is 12.3. The maximum Gasteiger partial charge on any atom is 0.317 e. The van der Waals surface area contributed by atoms with Crippen molar-refractivity contribution in [1.82, 2.24) is 15.2 Å². The largest absolute Gasteiger partial charge is 0.357 e. The van der Waals surface area contributed by atoms with Crippen LogP contribution in [0.15, 0.2) is 30.3 Å². The number of para-hydroxylation sites is 1. The third kappa shape index (κ3) is 3.20. The number of likely N-dealkylation sites (tertiary alicyclic amines) is 1. The quantitative estimate of drug-likeness (QED) is 0.873. The molecule has 4 nitrogen and oxygen atoms in total. The van der Waals surface area contributed by atoms with Crippen molar-refractivity contribution < 1.29 is 4.79 Å². The molecular weight excluding hydrogens is 262 g/mol. The zero-order valence-corrected chi connectivity index (χ0v) is 12.7. The molecule has 0 radical (unpaired) electrons. The van der Waals surface area contributed by atoms with Crippen LogP contribution in [0.1, 0.15) is 26.0 Å². The number of carbonyl (C=O) groups excluding carboxylic acids is 1. The van der Waals surface area contributed by atoms with E-state index < -0.39 is 0 Å². The number of hydrogen-bond acceptors (Lipinski definition) is 1. The number of aromatic nitrogens is 1. The molecule has 0 spiro atoms. The van der Waals surface area contributed by atoms with Gasteiger partial charge < -0.3 is 15.2 Å². The molecule has 3 rings (SSSR count). The summed E-state index contributed by atoms with van der Waals surface area (Å²) in [6.45, 7) is 6.71. The summed E-state index contributed by atoms with van der Waals surface area (Å²) < 4.78 is 0. The molecule has 2 atom stereocenters. The van der Waals surface area contributed by atoms with Crippen LogP contribution in [0.5, 0.6) is 0 Å². The van der Waals surface area contributed by atoms with Gasteiger partial charge in [0, 0.05) is 24.3 Å². The van der Waals surface area contributed by atoms with Crippen molar-refractivity contribution in [2.24, 2.45) is 11.8 Å². The summed E-state index contributed by atoms with van der Waals surface area (Å²) in [5.41, 5.74) is 2.16. The van der Waals surface area contributed by atoms with E-state index in [9.17, 15) is 4.79 Å². The van der Waals surface area contributed by atoms with Crippen LogP contribution < -0.4 is 5.32 Å². The standard InChI is InChI=1S/C17H23N3O/c1-12-7-13(2)11-20(10-12)17(21)18-9-15-8-14-5-3-4-6-16(14)19-15/h3-6,8,12-13,19H,7,9-11H2,1-2H3,(H,18,21). The fourth-order valence-corrected chi connectivity index (χ4v) is 3.34. The highest BCUT2D eigenvalue weighted by molar-refractivity contribution is 5.80. The SMILES string of the molecule is CC1CC(C)CN(C(=O)NCc2cc3ccccc3[nH]2)C1. The fourth-order valence-electron chi connectivity index (χ4n) is 3.34. The maximum atomic E-state index is 12.3. The number of H-pyrrole nitrogens is 1. The summed E-state index contributed by atoms with van der Waals surface area (Å²) in [5, 5.41) is 4.21. The van der Waals surface area contributed by atoms with Gasteiger partial charge in [-0.05, 0) is 35.8 Å². The number of amides is 2. The number of nitrogens with zero attached hydrogens (tertiary/aromatic N) is 1. The second-order valence-corrected chi connectivity index (χ2v) is 6.39. The normalized spacial score (nSPS) is 22.5. The first-order valence-corrected chi connectivity index (χ1v) is 7.71. The molecule has 2 amide bonds. The Morgan fingerprint density at radius 1 is 1.29 bits per heavy atom. The number of carbonyl (C=O) groups is 1. The van der Waals surface area contributed by atoms with E-state index in [1.165, 1.54) is 11.8 Å². The molecule has 0 saturated carbocycles. The first-order valence-electron chi connectivity index (χ1n) is 7.71. The van der Waals surface area contributed by atoms with Gasteiger partial charge in [-0.25, -0.2) is 4.79 Å². The second-order valence-electron chi connectivity index (χ2n) is 6.39. The van der Waals surface area contributed by atoms with E-state index in [0.29, 0.717) is 18.4 Å². The van der Waals surface area contributed by atoms with Gasteiger partial charge in [-0.3, -0.25) is 0 Å². The third-order valence-corrected chi connectivity index (χ3v) is 4.17. The molecule has 1 saturated heterocycles. The lowest BCUT2D eigenvalue weighted by Crippen LogP contribution is -2.47. The minimum absolute atomic E-state index is 0.0482. The Bertz CT molecular complexity index is 591. The molecule has 0 aliphatic carbocycles. The number of nitrogens with one attached hydrogen (secondary N) is 2. The van der Waals surface area contributed by atoms with Crippen molar-refractivity contribution in [2.45, 2.75) is 26.8 Å². The summed E-state index contributed by atoms with van der Waals surface area (Å²) in [6.07, 6.45) is 1.21. The Hall–Kier alpha value is -1.97. The highest BCUT2D eigenvalue weighted by atomic mass is 16.2. The summed E-state index contributed by atoms with van der Waals surface area (Å²) in [6, 6.07) is 10.3. The zero-order chi connectivity index (χ0) is 14.8. The van der Waals surface area contributed by atoms with E-state index in [1.807, 2.05) is 17.0 Å². The Kier molecular flexibility index (Phi) is 3.86. The molecule has 112 valence electrons. The van der Waals surface area contributed by atoms with Crippen LogP contribution in [0.4, 0.5) is 4.79 Å². The van der Waals surface area contributed by atoms with Gasteiger partial charge in [0.1, 0.15) is 0 Å². The number of urea groups is 1. The van der Waals surface area contributed by atoms with E-state index in [4.69, 9.17) is 0 Å². The third-order valence-electron chi connectivity index (χ3n) is 4.17. The molecule has 1 fully saturated rings. The number of piperidine rings is 1. The number of hydrogen-bond donors (Lipinski definition) is 2. The second kappa shape index (κ2) is 5.80. The first kappa shape index (κ1) is 14.0. The highest BCUT2D eigenvalue weighted by Crippen LogP contribution is 2.21. The number of fused-ring (bicyclic) bond motifs is 1. The lowest BCUT2D eigenvalue weighted by molar-refractivity contribution is 0.146. The van der Waals surface area contributed by atoms with E-state index in [-0.39, 0.29) is 6.03 Å². The molecular formula is C17H23N3O. The van der Waals surface area contributed by atoms with Gasteiger partial charge in [-0.1, -0.05) is 32.0 Å². The van der Waals surface area contributed by atoms with Gasteiger partial charge in [0.25, 0.3) is 0 Å². The van der Waals surface area contributed by atoms with Gasteiger partial charge >= 0.3 is 6.03 Å². The summed E-state index contributed by atoms with van der Waals surface area (Å²) in [7, 11) is 0. The molecule has 1 aliphatic rings. The van der Waals surface area contributed by atoms with Gasteiger partial charge in [-0.2, -0.15) is 0 Å². The monoisotopic (exact) mass is 285 g/mol. The minimum atomic E-state index is 0.0482. The van der Waals surface area contributed by atoms with Crippen LogP contribution in [0.3, 0.4) is 0 Å². The van der Waals surface area contributed by atoms with E-state index in [0.717, 1.165) is 24.3 Å². The summed E-state index contributed by atoms with van der Waals surface area (Å²) in [5.74, 6) is 1.18. The van der Waals surface area contributed by atoms with Crippen molar-refractivity contribution in [3.63, 3.8) is 0 Å². The van der Waals surface area contributed by atoms with Crippen molar-refractivity contribution in [2.75, 3.05) is 13.1 Å². The summed E-state index contributed by atoms with van der Waals surface area (Å²) >= 11 is 0. The van der Waals surface area contributed by atoms with Crippen LogP contribution in [-0.4, -0.2) is 29.0 Å². The predicted octanol–water partition coefficient (Wildman–Crippen LogP) is 3.36. The molecule has 0 bridgehead atoms. The van der Waals surface area contributed by atoms with E-state index >= 15 is 0 Å². The van der Waals surface area contributed by atoms with E-state index in [1.54, 1.807) is 0 Å². The lowest BCUT2D eigenvalue weighted by Gasteiger charge is -2.34. The highest BCUT2D eigenvalue weighted by Gasteiger charge is 2.25. The number of aromatic amines is 1. The number of rotatable bonds is 2. The van der Waals surface area contributed by atoms with Crippen molar-refractivity contribution in [3.05, 3.63) is 36.0 Å². The van der Waals surface area contributed by atoms with Crippen molar-refractivity contribution in [1.29, 1.82) is 0 Å². The molecule has 1 aromatic carbocycles. The minimum Gasteiger partial charge on any atom is -0.357 e. The topological polar surface area (TPSA) is 48.1 Å². The van der Waals surface area contributed by atoms with Gasteiger partial charge in [0.15, 0.2) is 0 Å². The van der Waals surface area contributed by atoms with Crippen molar-refractivity contribution in [3.8, 4) is 0 Å². The fraction of sp³-hybridized carbons (Fsp3) is 0.471. The Labute approximate surface area is 125 Å². The molecule has 21 heavy (non-hydrogen) atoms. The smallest absolute Gasteiger partial charge is 0.317 e. The van der Waals surface area contributed by atoms with Crippen LogP contribution >= 0.6 is 0 Å². The molecule has 1 aromatic heterocycles. The Morgan fingerprint density at radius 2 is 2.00 bits per heavy atom. The number of benzene rings is 1. The van der Waals surface area contributed by atoms with Gasteiger partial charge in [0.2, 0.25) is 0 Å². The first-order chi connectivity index (χ1) is 10.1. The predicted molar refractivity (Wildman–Crippen MR) is 85.1 cm³/mol. The average Bonchev–Trinajstić information content (AvgIpc) is 2.86. The lowest BCUT2D eigenvalue weighted by atomic mass is 9.92. The van der Waals surface area contributed by atoms with Crippen LogP contribution in [0.25, 0.3) is 10.9 Å². The van der Waals surface area contributed by atoms with Crippen LogP contribution in [0, 0.1) is 11.8 Å². The molecule has 2 N–H and O–H groups in total. The van der Waals surface area contributed by atoms with Gasteiger partial charge in [0.05, 0.1) is 6.54 Å². The van der Waals surface area contributed by atoms with Crippen LogP contribution in [0.2, 0.25) is 0 Å². The van der Waals surface area contributed by atoms with Crippen LogP contribution in [-0.2, 0) is 6.54 Å². The Morgan fingerprint density at radius 3 is 2.71 bits per heavy atom. The van der Waals surface area contributed by atoms with Crippen molar-refractivity contribution >= 4 is 16.9 Å². The zero-order valence-electron chi connectivity index (χ0n) is 12.7. The molecule has 1 aliphatic heterocycles.